The summed E-state index contributed by atoms with van der Waals surface area (Å²) >= 11 is -3.11. The van der Waals surface area contributed by atoms with Crippen molar-refractivity contribution >= 4 is 29.8 Å². The van der Waals surface area contributed by atoms with Gasteiger partial charge in [-0.2, -0.15) is 0 Å². The molecule has 2 aliphatic rings. The average molecular weight is 987 g/mol. The van der Waals surface area contributed by atoms with Crippen LogP contribution in [0.2, 0.25) is 36.3 Å². The van der Waals surface area contributed by atoms with E-state index in [1.165, 1.54) is 69.6 Å². The Labute approximate surface area is 364 Å². The molecule has 0 nitrogen and oxygen atoms in total. The summed E-state index contributed by atoms with van der Waals surface area (Å²) in [6, 6.07) is 43.4. The minimum absolute atomic E-state index is 0. The van der Waals surface area contributed by atoms with Crippen LogP contribution in [-0.4, -0.2) is 19.4 Å². The molecule has 56 heavy (non-hydrogen) atoms. The first-order chi connectivity index (χ1) is 25.7. The van der Waals surface area contributed by atoms with Crippen molar-refractivity contribution in [3.05, 3.63) is 140 Å². The maximum Gasteiger partial charge on any atom is -1.00 e. The molecule has 0 heterocycles. The maximum absolute atomic E-state index is 3.11. The van der Waals surface area contributed by atoms with E-state index in [0.717, 1.165) is 6.42 Å². The zero-order chi connectivity index (χ0) is 39.1. The molecule has 0 aliphatic heterocycles. The molecule has 6 rings (SSSR count). The number of benzene rings is 4. The largest absolute Gasteiger partial charge is 1.00 e. The van der Waals surface area contributed by atoms with Crippen molar-refractivity contribution in [2.24, 2.45) is 0 Å². The quantitative estimate of drug-likeness (QED) is 0.129. The van der Waals surface area contributed by atoms with E-state index in [0.29, 0.717) is 3.67 Å². The molecular weight excluding hydrogens is 918 g/mol. The fourth-order valence-electron chi connectivity index (χ4n) is 10.0. The molecule has 0 saturated heterocycles. The number of rotatable bonds is 12. The van der Waals surface area contributed by atoms with Crippen molar-refractivity contribution in [3.63, 3.8) is 0 Å². The molecule has 0 N–H and O–H groups in total. The van der Waals surface area contributed by atoms with Crippen LogP contribution in [0, 0.1) is 0 Å². The Morgan fingerprint density at radius 2 is 1.11 bits per heavy atom. The Morgan fingerprint density at radius 3 is 1.52 bits per heavy atom. The summed E-state index contributed by atoms with van der Waals surface area (Å²) in [5, 5.41) is 3.29. The minimum Gasteiger partial charge on any atom is -1.00 e. The second kappa shape index (κ2) is 18.6. The van der Waals surface area contributed by atoms with Gasteiger partial charge in [0.2, 0.25) is 0 Å². The van der Waals surface area contributed by atoms with E-state index in [1.807, 2.05) is 0 Å². The van der Waals surface area contributed by atoms with Gasteiger partial charge in [0, 0.05) is 0 Å². The monoisotopic (exact) mass is 986 g/mol. The molecule has 5 heteroatoms. The van der Waals surface area contributed by atoms with Gasteiger partial charge in [0.15, 0.2) is 0 Å². The van der Waals surface area contributed by atoms with E-state index in [-0.39, 0.29) is 35.6 Å². The molecule has 4 aromatic rings. The summed E-state index contributed by atoms with van der Waals surface area (Å²) in [5.74, 6) is 0. The fourth-order valence-corrected chi connectivity index (χ4v) is 30.6. The standard InChI is InChI=1S/C25H38Si2.C21H25.C5H5.2ClH.Hf/c1-7-26(8-2,9-3)24-17-13-22(14-18-24)21-23-15-19-25(20-16-23)27(10-4,11-5)12-6;1-20(2,3)15-11-10-14-12-18-16(17(14)13-15)8-7-9-19(18)21(4,5)6;1-2-4-5-3-1;;;/h13-20H,7-12H2,1-6H3;7-13H,1-6H3;1-3H,4H2;2*1H;/q;;;;;+2/p-2. The van der Waals surface area contributed by atoms with E-state index < -0.39 is 37.1 Å². The van der Waals surface area contributed by atoms with Crippen LogP contribution < -0.4 is 35.2 Å². The van der Waals surface area contributed by atoms with Crippen molar-refractivity contribution in [1.29, 1.82) is 0 Å². The summed E-state index contributed by atoms with van der Waals surface area (Å²) in [6.45, 7) is 29.0. The number of hydrogen-bond acceptors (Lipinski definition) is 0. The van der Waals surface area contributed by atoms with E-state index in [9.17, 15) is 0 Å². The van der Waals surface area contributed by atoms with Crippen LogP contribution in [0.3, 0.4) is 0 Å². The number of allylic oxidation sites excluding steroid dienone is 4. The molecule has 0 fully saturated rings. The van der Waals surface area contributed by atoms with Gasteiger partial charge >= 0.3 is 342 Å². The normalized spacial score (nSPS) is 14.9. The Kier molecular flexibility index (Phi) is 15.5. The first kappa shape index (κ1) is 46.8. The van der Waals surface area contributed by atoms with E-state index in [2.05, 4.69) is 186 Å². The molecule has 0 saturated carbocycles. The van der Waals surface area contributed by atoms with Gasteiger partial charge in [0.25, 0.3) is 0 Å². The first-order valence-electron chi connectivity index (χ1n) is 21.3. The van der Waals surface area contributed by atoms with E-state index in [4.69, 9.17) is 0 Å². The second-order valence-corrected chi connectivity index (χ2v) is 38.1. The molecule has 1 unspecified atom stereocenters. The zero-order valence-electron chi connectivity index (χ0n) is 36.6. The number of halogens is 2. The fraction of sp³-hybridized carbons (Fsp3) is 0.431. The van der Waals surface area contributed by atoms with Crippen LogP contribution in [0.4, 0.5) is 0 Å². The second-order valence-electron chi connectivity index (χ2n) is 18.5. The van der Waals surface area contributed by atoms with E-state index in [1.54, 1.807) is 28.1 Å². The Balaban J connectivity index is 0.00000348. The van der Waals surface area contributed by atoms with Crippen molar-refractivity contribution in [2.45, 2.75) is 140 Å². The van der Waals surface area contributed by atoms with Gasteiger partial charge in [-0.05, 0) is 0 Å². The van der Waals surface area contributed by atoms with Crippen LogP contribution in [0.5, 0.6) is 0 Å². The minimum atomic E-state index is -3.11. The Hall–Kier alpha value is -1.89. The third kappa shape index (κ3) is 8.56. The van der Waals surface area contributed by atoms with Crippen LogP contribution in [0.25, 0.3) is 11.1 Å². The predicted octanol–water partition coefficient (Wildman–Crippen LogP) is 7.52. The van der Waals surface area contributed by atoms with Crippen molar-refractivity contribution < 1.29 is 45.8 Å². The van der Waals surface area contributed by atoms with Crippen molar-refractivity contribution in [3.8, 4) is 11.1 Å². The van der Waals surface area contributed by atoms with Gasteiger partial charge in [-0.25, -0.2) is 0 Å². The summed E-state index contributed by atoms with van der Waals surface area (Å²) in [4.78, 5) is 0. The van der Waals surface area contributed by atoms with Crippen LogP contribution >= 0.6 is 0 Å². The smallest absolute Gasteiger partial charge is 1.00 e. The molecule has 1 atom stereocenters. The van der Waals surface area contributed by atoms with Crippen LogP contribution in [0.1, 0.15) is 127 Å². The van der Waals surface area contributed by atoms with Crippen LogP contribution in [-0.2, 0) is 31.8 Å². The zero-order valence-corrected chi connectivity index (χ0v) is 43.7. The average Bonchev–Trinajstić information content (AvgIpc) is 3.82. The van der Waals surface area contributed by atoms with Crippen LogP contribution in [0.15, 0.2) is 106 Å². The molecule has 0 spiro atoms. The summed E-state index contributed by atoms with van der Waals surface area (Å²) in [5.41, 5.74) is 12.3. The van der Waals surface area contributed by atoms with Gasteiger partial charge in [-0.15, -0.1) is 0 Å². The molecule has 0 bridgehead atoms. The molecule has 2 aliphatic carbocycles. The summed E-state index contributed by atoms with van der Waals surface area (Å²) in [6.07, 6.45) is 8.45. The van der Waals surface area contributed by atoms with Crippen molar-refractivity contribution in [1.82, 2.24) is 0 Å². The molecule has 4 aromatic carbocycles. The van der Waals surface area contributed by atoms with Gasteiger partial charge in [0.05, 0.1) is 0 Å². The van der Waals surface area contributed by atoms with Gasteiger partial charge in [-0.1, -0.05) is 0 Å². The van der Waals surface area contributed by atoms with Gasteiger partial charge < -0.3 is 24.8 Å². The Morgan fingerprint density at radius 1 is 0.607 bits per heavy atom. The third-order valence-electron chi connectivity index (χ3n) is 14.0. The van der Waals surface area contributed by atoms with Gasteiger partial charge in [-0.3, -0.25) is 0 Å². The third-order valence-corrected chi connectivity index (χ3v) is 37.3. The Bertz CT molecular complexity index is 1980. The van der Waals surface area contributed by atoms with E-state index >= 15 is 0 Å². The SMILES string of the molecule is CC[Si](CC)(CC)c1ccc([C](c2ccc([Si](CC)(CC)CC)cc2)=[Hf+2]([C]2=CC=CC2)[CH]2c3ccc(C(C)(C)C)cc3-c3cccc(C(C)(C)C)c32)cc1.[Cl-].[Cl-]. The maximum atomic E-state index is 2.58. The topological polar surface area (TPSA) is 0 Å². The number of fused-ring (bicyclic) bond motifs is 3. The summed E-state index contributed by atoms with van der Waals surface area (Å²) < 4.78 is 3.87. The predicted molar refractivity (Wildman–Crippen MR) is 243 cm³/mol. The first-order valence-corrected chi connectivity index (χ1v) is 32.2. The molecule has 0 aromatic heterocycles. The summed E-state index contributed by atoms with van der Waals surface area (Å²) in [7, 11) is -3.01. The molecule has 0 radical (unpaired) electrons. The van der Waals surface area contributed by atoms with Gasteiger partial charge in [0.1, 0.15) is 0 Å². The number of hydrogen-bond donors (Lipinski definition) is 0. The molecule has 0 amide bonds. The van der Waals surface area contributed by atoms with Crippen molar-refractivity contribution in [2.75, 3.05) is 0 Å². The molecular formula is C51H68Cl2HfSi2. The molecule has 298 valence electrons.